The molecule has 6 nitrogen and oxygen atoms in total. The van der Waals surface area contributed by atoms with E-state index in [0.29, 0.717) is 11.4 Å². The summed E-state index contributed by atoms with van der Waals surface area (Å²) < 4.78 is 27.8. The smallest absolute Gasteiger partial charge is 0.282 e. The van der Waals surface area contributed by atoms with Crippen LogP contribution in [0.3, 0.4) is 0 Å². The number of hydrogen-bond acceptors (Lipinski definition) is 3. The summed E-state index contributed by atoms with van der Waals surface area (Å²) in [5, 5.41) is 6.53. The van der Waals surface area contributed by atoms with Crippen molar-refractivity contribution in [2.45, 2.75) is 33.7 Å². The first kappa shape index (κ1) is 20.3. The third-order valence-electron chi connectivity index (χ3n) is 4.04. The molecule has 2 aromatic rings. The summed E-state index contributed by atoms with van der Waals surface area (Å²) in [5.41, 5.74) is 2.58. The number of aryl methyl sites for hydroxylation is 3. The molecule has 0 radical (unpaired) electrons. The molecule has 0 aliphatic heterocycles. The maximum Gasteiger partial charge on any atom is 0.282 e. The summed E-state index contributed by atoms with van der Waals surface area (Å²) in [6.45, 7) is 8.43. The Morgan fingerprint density at radius 2 is 1.93 bits per heavy atom. The maximum atomic E-state index is 13.2. The van der Waals surface area contributed by atoms with Gasteiger partial charge in [-0.2, -0.15) is 5.10 Å². The van der Waals surface area contributed by atoms with Gasteiger partial charge in [0.05, 0.1) is 6.54 Å². The van der Waals surface area contributed by atoms with E-state index in [2.05, 4.69) is 17.0 Å². The number of rotatable bonds is 6. The van der Waals surface area contributed by atoms with E-state index in [1.807, 2.05) is 0 Å². The fraction of sp³-hybridized carbons (Fsp3) is 0.316. The Morgan fingerprint density at radius 3 is 2.41 bits per heavy atom. The van der Waals surface area contributed by atoms with Gasteiger partial charge in [-0.25, -0.2) is 8.78 Å². The van der Waals surface area contributed by atoms with Gasteiger partial charge in [-0.05, 0) is 43.2 Å². The number of hydrogen-bond donors (Lipinski definition) is 1. The number of anilines is 2. The van der Waals surface area contributed by atoms with Gasteiger partial charge < -0.3 is 10.2 Å². The van der Waals surface area contributed by atoms with Crippen molar-refractivity contribution in [1.82, 2.24) is 9.78 Å². The fourth-order valence-electron chi connectivity index (χ4n) is 2.91. The molecule has 27 heavy (non-hydrogen) atoms. The van der Waals surface area contributed by atoms with Crippen LogP contribution >= 0.6 is 0 Å². The van der Waals surface area contributed by atoms with E-state index in [4.69, 9.17) is 0 Å². The summed E-state index contributed by atoms with van der Waals surface area (Å²) in [6, 6.07) is 3.44. The number of halogens is 2. The van der Waals surface area contributed by atoms with Crippen LogP contribution in [-0.2, 0) is 23.2 Å². The number of nitrogens with zero attached hydrogens (tertiary/aromatic N) is 3. The van der Waals surface area contributed by atoms with Crippen LogP contribution in [-0.4, -0.2) is 21.6 Å². The van der Waals surface area contributed by atoms with Crippen LogP contribution in [0.2, 0.25) is 0 Å². The van der Waals surface area contributed by atoms with Gasteiger partial charge in [0.2, 0.25) is 5.91 Å². The number of benzene rings is 1. The predicted octanol–water partition coefficient (Wildman–Crippen LogP) is 3.65. The average Bonchev–Trinajstić information content (AvgIpc) is 2.95. The zero-order chi connectivity index (χ0) is 20.3. The summed E-state index contributed by atoms with van der Waals surface area (Å²) in [7, 11) is 1.55. The molecule has 8 heteroatoms. The molecule has 0 saturated heterocycles. The third-order valence-corrected chi connectivity index (χ3v) is 4.04. The zero-order valence-electron chi connectivity index (χ0n) is 15.7. The van der Waals surface area contributed by atoms with Gasteiger partial charge in [-0.3, -0.25) is 14.3 Å². The number of nitrogens with one attached hydrogen (secondary N) is 1. The number of aromatic nitrogens is 2. The Kier molecular flexibility index (Phi) is 6.09. The van der Waals surface area contributed by atoms with Crippen molar-refractivity contribution in [2.24, 2.45) is 7.05 Å². The van der Waals surface area contributed by atoms with Crippen molar-refractivity contribution in [1.29, 1.82) is 0 Å². The van der Waals surface area contributed by atoms with Crippen LogP contribution in [0.4, 0.5) is 20.2 Å². The highest BCUT2D eigenvalue weighted by Gasteiger charge is 2.23. The number of carbonyl (C=O) groups is 2. The molecule has 2 rings (SSSR count). The second-order valence-corrected chi connectivity index (χ2v) is 6.28. The second kappa shape index (κ2) is 8.11. The Labute approximate surface area is 156 Å². The first-order valence-electron chi connectivity index (χ1n) is 8.27. The average molecular weight is 376 g/mol. The van der Waals surface area contributed by atoms with Gasteiger partial charge in [0, 0.05) is 37.1 Å². The van der Waals surface area contributed by atoms with Crippen molar-refractivity contribution in [2.75, 3.05) is 10.2 Å². The molecule has 144 valence electrons. The van der Waals surface area contributed by atoms with Crippen molar-refractivity contribution in [3.05, 3.63) is 53.4 Å². The van der Waals surface area contributed by atoms with Crippen LogP contribution < -0.4 is 10.2 Å². The molecule has 1 heterocycles. The molecular weight excluding hydrogens is 354 g/mol. The molecule has 2 amide bonds. The van der Waals surface area contributed by atoms with Crippen molar-refractivity contribution >= 4 is 23.2 Å². The summed E-state index contributed by atoms with van der Waals surface area (Å²) in [4.78, 5) is 25.1. The Bertz CT molecular complexity index is 867. The fourth-order valence-corrected chi connectivity index (χ4v) is 2.91. The molecule has 0 saturated carbocycles. The van der Waals surface area contributed by atoms with Crippen molar-refractivity contribution in [3.63, 3.8) is 0 Å². The van der Waals surface area contributed by atoms with Gasteiger partial charge in [-0.1, -0.05) is 6.58 Å². The molecule has 0 aliphatic rings. The minimum absolute atomic E-state index is 0.0727. The van der Waals surface area contributed by atoms with Crippen molar-refractivity contribution < 1.29 is 18.4 Å². The monoisotopic (exact) mass is 376 g/mol. The molecule has 0 bridgehead atoms. The predicted molar refractivity (Wildman–Crippen MR) is 99.8 cm³/mol. The van der Waals surface area contributed by atoms with Gasteiger partial charge in [-0.15, -0.1) is 0 Å². The molecule has 1 aromatic heterocycles. The number of alkyl halides is 2. The Balaban J connectivity index is 2.48. The molecule has 1 aromatic carbocycles. The highest BCUT2D eigenvalue weighted by molar-refractivity contribution is 6.01. The van der Waals surface area contributed by atoms with E-state index in [9.17, 15) is 18.4 Å². The van der Waals surface area contributed by atoms with Crippen LogP contribution in [0.15, 0.2) is 31.0 Å². The zero-order valence-corrected chi connectivity index (χ0v) is 15.7. The number of amides is 2. The third kappa shape index (κ3) is 4.58. The number of carbonyl (C=O) groups excluding carboxylic acids is 2. The molecular formula is C19H22F2N4O2. The van der Waals surface area contributed by atoms with Crippen LogP contribution in [0.25, 0.3) is 0 Å². The Morgan fingerprint density at radius 1 is 1.33 bits per heavy atom. The first-order valence-corrected chi connectivity index (χ1v) is 8.27. The van der Waals surface area contributed by atoms with E-state index < -0.39 is 12.3 Å². The molecule has 0 fully saturated rings. The van der Waals surface area contributed by atoms with Crippen LogP contribution in [0.5, 0.6) is 0 Å². The molecule has 0 aliphatic carbocycles. The van der Waals surface area contributed by atoms with Crippen LogP contribution in [0.1, 0.15) is 35.7 Å². The molecule has 0 spiro atoms. The lowest BCUT2D eigenvalue weighted by molar-refractivity contribution is -0.115. The lowest BCUT2D eigenvalue weighted by Crippen LogP contribution is -2.29. The van der Waals surface area contributed by atoms with Gasteiger partial charge >= 0.3 is 0 Å². The summed E-state index contributed by atoms with van der Waals surface area (Å²) in [6.07, 6.45) is -0.145. The van der Waals surface area contributed by atoms with Gasteiger partial charge in [0.1, 0.15) is 5.69 Å². The van der Waals surface area contributed by atoms with Gasteiger partial charge in [0.15, 0.2) is 0 Å². The topological polar surface area (TPSA) is 67.2 Å². The van der Waals surface area contributed by atoms with E-state index in [-0.39, 0.29) is 23.7 Å². The van der Waals surface area contributed by atoms with Crippen molar-refractivity contribution in [3.8, 4) is 0 Å². The molecule has 0 unspecified atom stereocenters. The highest BCUT2D eigenvalue weighted by Crippen LogP contribution is 2.30. The summed E-state index contributed by atoms with van der Waals surface area (Å²) >= 11 is 0. The van der Waals surface area contributed by atoms with E-state index >= 15 is 0 Å². The van der Waals surface area contributed by atoms with E-state index in [1.165, 1.54) is 22.7 Å². The standard InChI is InChI=1S/C19H22F2N4O2/c1-6-16(27)25(10-14-9-24(5)23-18(14)19(20)21)15-7-11(2)17(12(3)8-15)22-13(4)26/h6-9,19H,1,10H2,2-5H3,(H,22,26). The highest BCUT2D eigenvalue weighted by atomic mass is 19.3. The molecule has 1 N–H and O–H groups in total. The first-order chi connectivity index (χ1) is 12.6. The second-order valence-electron chi connectivity index (χ2n) is 6.28. The molecule has 0 atom stereocenters. The lowest BCUT2D eigenvalue weighted by atomic mass is 10.1. The van der Waals surface area contributed by atoms with E-state index in [0.717, 1.165) is 17.2 Å². The SMILES string of the molecule is C=CC(=O)N(Cc1cn(C)nc1C(F)F)c1cc(C)c(NC(C)=O)c(C)c1. The minimum Gasteiger partial charge on any atom is -0.326 e. The largest absolute Gasteiger partial charge is 0.326 e. The Hall–Kier alpha value is -3.03. The maximum absolute atomic E-state index is 13.2. The summed E-state index contributed by atoms with van der Waals surface area (Å²) in [5.74, 6) is -0.630. The van der Waals surface area contributed by atoms with E-state index in [1.54, 1.807) is 33.0 Å². The van der Waals surface area contributed by atoms with Crippen LogP contribution in [0, 0.1) is 13.8 Å². The minimum atomic E-state index is -2.74. The normalized spacial score (nSPS) is 10.8. The quantitative estimate of drug-likeness (QED) is 0.783. The van der Waals surface area contributed by atoms with Gasteiger partial charge in [0.25, 0.3) is 12.3 Å². The lowest BCUT2D eigenvalue weighted by Gasteiger charge is -2.23.